The van der Waals surface area contributed by atoms with Crippen LogP contribution in [-0.2, 0) is 19.4 Å². The molecule has 1 heterocycles. The first-order chi connectivity index (χ1) is 13.7. The largest absolute Gasteiger partial charge is 0.466 e. The number of methoxy groups -OCH3 is 1. The molecule has 8 heteroatoms. The van der Waals surface area contributed by atoms with Crippen LogP contribution in [0.1, 0.15) is 22.7 Å². The van der Waals surface area contributed by atoms with Crippen molar-refractivity contribution >= 4 is 21.8 Å². The Balaban J connectivity index is 2.11. The Kier molecular flexibility index (Phi) is 5.74. The molecule has 0 aromatic heterocycles. The van der Waals surface area contributed by atoms with E-state index in [-0.39, 0.29) is 16.2 Å². The minimum atomic E-state index is -3.82. The van der Waals surface area contributed by atoms with Crippen molar-refractivity contribution in [2.45, 2.75) is 24.8 Å². The Morgan fingerprint density at radius 1 is 1.10 bits per heavy atom. The van der Waals surface area contributed by atoms with Gasteiger partial charge in [-0.05, 0) is 31.0 Å². The van der Waals surface area contributed by atoms with Crippen LogP contribution in [0.2, 0.25) is 0 Å². The lowest BCUT2D eigenvalue weighted by molar-refractivity contribution is -0.136. The van der Waals surface area contributed by atoms with E-state index in [0.29, 0.717) is 11.1 Å². The van der Waals surface area contributed by atoms with Gasteiger partial charge in [0.05, 0.1) is 29.4 Å². The molecular weight excluding hydrogens is 392 g/mol. The zero-order chi connectivity index (χ0) is 21.2. The number of carbonyl (C=O) groups is 2. The number of ether oxygens (including phenoxy) is 1. The third-order valence-corrected chi connectivity index (χ3v) is 6.49. The highest BCUT2D eigenvalue weighted by molar-refractivity contribution is 7.91. The average molecular weight is 414 g/mol. The van der Waals surface area contributed by atoms with Gasteiger partial charge in [0, 0.05) is 5.70 Å². The predicted molar refractivity (Wildman–Crippen MR) is 108 cm³/mol. The van der Waals surface area contributed by atoms with Gasteiger partial charge in [-0.2, -0.15) is 0 Å². The molecule has 7 nitrogen and oxygen atoms in total. The molecule has 2 aromatic carbocycles. The minimum Gasteiger partial charge on any atom is -0.466 e. The second-order valence-corrected chi connectivity index (χ2v) is 8.81. The van der Waals surface area contributed by atoms with Gasteiger partial charge in [-0.25, -0.2) is 18.0 Å². The molecule has 0 saturated carbocycles. The van der Waals surface area contributed by atoms with Crippen LogP contribution in [-0.4, -0.2) is 33.3 Å². The van der Waals surface area contributed by atoms with Gasteiger partial charge in [0.15, 0.2) is 9.84 Å². The van der Waals surface area contributed by atoms with Crippen molar-refractivity contribution in [1.29, 1.82) is 0 Å². The lowest BCUT2D eigenvalue weighted by Crippen LogP contribution is -2.47. The van der Waals surface area contributed by atoms with Crippen LogP contribution in [0.5, 0.6) is 0 Å². The number of nitrogens with one attached hydrogen (secondary N) is 2. The number of rotatable bonds is 5. The number of sulfone groups is 1. The van der Waals surface area contributed by atoms with Crippen LogP contribution < -0.4 is 10.6 Å². The van der Waals surface area contributed by atoms with E-state index in [1.165, 1.54) is 13.2 Å². The highest BCUT2D eigenvalue weighted by atomic mass is 32.2. The first-order valence-electron chi connectivity index (χ1n) is 8.97. The fourth-order valence-corrected chi connectivity index (χ4v) is 4.98. The number of carbonyl (C=O) groups excluding carboxylic acids is 2. The molecule has 0 aliphatic carbocycles. The van der Waals surface area contributed by atoms with Crippen LogP contribution in [0, 0.1) is 13.8 Å². The maximum absolute atomic E-state index is 13.1. The van der Waals surface area contributed by atoms with Crippen molar-refractivity contribution in [3.8, 4) is 0 Å². The summed E-state index contributed by atoms with van der Waals surface area (Å²) in [7, 11) is -2.61. The SMILES string of the molecule is COC(=O)C1=C(CS(=O)(=O)c2ccc(C)cc2C)NC(=O)N[C@H]1c1ccccc1. The molecule has 2 N–H and O–H groups in total. The molecule has 0 saturated heterocycles. The molecule has 3 rings (SSSR count). The predicted octanol–water partition coefficient (Wildman–Crippen LogP) is 2.56. The summed E-state index contributed by atoms with van der Waals surface area (Å²) in [5.74, 6) is -1.24. The van der Waals surface area contributed by atoms with Gasteiger partial charge in [0.25, 0.3) is 0 Å². The van der Waals surface area contributed by atoms with Gasteiger partial charge in [-0.3, -0.25) is 0 Å². The van der Waals surface area contributed by atoms with Gasteiger partial charge in [0.2, 0.25) is 0 Å². The Bertz CT molecular complexity index is 1090. The Morgan fingerprint density at radius 3 is 2.41 bits per heavy atom. The van der Waals surface area contributed by atoms with Gasteiger partial charge in [-0.15, -0.1) is 0 Å². The summed E-state index contributed by atoms with van der Waals surface area (Å²) in [5, 5.41) is 5.16. The summed E-state index contributed by atoms with van der Waals surface area (Å²) in [6, 6.07) is 12.5. The second-order valence-electron chi connectivity index (χ2n) is 6.85. The standard InChI is InChI=1S/C21H22N2O5S/c1-13-9-10-17(14(2)11-13)29(26,27)12-16-18(20(24)28-3)19(23-21(25)22-16)15-7-5-4-6-8-15/h4-11,19H,12H2,1-3H3,(H2,22,23,25)/t19-/m0/s1. The minimum absolute atomic E-state index is 0.00873. The zero-order valence-corrected chi connectivity index (χ0v) is 17.2. The third-order valence-electron chi connectivity index (χ3n) is 4.69. The van der Waals surface area contributed by atoms with Crippen LogP contribution in [0.25, 0.3) is 0 Å². The maximum Gasteiger partial charge on any atom is 0.338 e. The molecule has 1 atom stereocenters. The molecule has 0 radical (unpaired) electrons. The van der Waals surface area contributed by atoms with Crippen LogP contribution in [0.15, 0.2) is 64.7 Å². The first-order valence-corrected chi connectivity index (χ1v) is 10.6. The summed E-state index contributed by atoms with van der Waals surface area (Å²) >= 11 is 0. The Hall–Kier alpha value is -3.13. The molecule has 2 aromatic rings. The fraction of sp³-hybridized carbons (Fsp3) is 0.238. The topological polar surface area (TPSA) is 102 Å². The molecule has 0 spiro atoms. The van der Waals surface area contributed by atoms with Gasteiger partial charge >= 0.3 is 12.0 Å². The monoisotopic (exact) mass is 414 g/mol. The summed E-state index contributed by atoms with van der Waals surface area (Å²) in [4.78, 5) is 24.9. The number of urea groups is 1. The third kappa shape index (κ3) is 4.32. The molecule has 2 amide bonds. The van der Waals surface area contributed by atoms with E-state index >= 15 is 0 Å². The first kappa shape index (κ1) is 20.6. The van der Waals surface area contributed by atoms with Crippen molar-refractivity contribution in [3.05, 3.63) is 76.5 Å². The van der Waals surface area contributed by atoms with E-state index in [0.717, 1.165) is 5.56 Å². The zero-order valence-electron chi connectivity index (χ0n) is 16.4. The van der Waals surface area contributed by atoms with E-state index in [1.807, 2.05) is 6.92 Å². The van der Waals surface area contributed by atoms with Gasteiger partial charge < -0.3 is 15.4 Å². The van der Waals surface area contributed by atoms with Crippen LogP contribution >= 0.6 is 0 Å². The lowest BCUT2D eigenvalue weighted by atomic mass is 9.96. The van der Waals surface area contributed by atoms with Gasteiger partial charge in [-0.1, -0.05) is 48.0 Å². The van der Waals surface area contributed by atoms with Crippen molar-refractivity contribution in [3.63, 3.8) is 0 Å². The molecule has 29 heavy (non-hydrogen) atoms. The van der Waals surface area contributed by atoms with Gasteiger partial charge in [0.1, 0.15) is 0 Å². The molecule has 1 aliphatic heterocycles. The quantitative estimate of drug-likeness (QED) is 0.732. The number of hydrogen-bond donors (Lipinski definition) is 2. The van der Waals surface area contributed by atoms with E-state index < -0.39 is 33.6 Å². The van der Waals surface area contributed by atoms with Crippen molar-refractivity contribution in [1.82, 2.24) is 10.6 Å². The van der Waals surface area contributed by atoms with Crippen molar-refractivity contribution in [2.24, 2.45) is 0 Å². The maximum atomic E-state index is 13.1. The number of amides is 2. The summed E-state index contributed by atoms with van der Waals surface area (Å²) < 4.78 is 31.0. The van der Waals surface area contributed by atoms with Crippen molar-refractivity contribution in [2.75, 3.05) is 12.9 Å². The normalized spacial score (nSPS) is 16.8. The Labute approximate surface area is 169 Å². The smallest absolute Gasteiger partial charge is 0.338 e. The van der Waals surface area contributed by atoms with Crippen LogP contribution in [0.4, 0.5) is 4.79 Å². The molecule has 0 fully saturated rings. The highest BCUT2D eigenvalue weighted by Crippen LogP contribution is 2.29. The summed E-state index contributed by atoms with van der Waals surface area (Å²) in [6.45, 7) is 3.59. The number of hydrogen-bond acceptors (Lipinski definition) is 5. The molecular formula is C21H22N2O5S. The highest BCUT2D eigenvalue weighted by Gasteiger charge is 2.35. The molecule has 1 aliphatic rings. The van der Waals surface area contributed by atoms with E-state index in [1.54, 1.807) is 49.4 Å². The van der Waals surface area contributed by atoms with E-state index in [4.69, 9.17) is 4.74 Å². The number of aryl methyl sites for hydroxylation is 2. The molecule has 152 valence electrons. The summed E-state index contributed by atoms with van der Waals surface area (Å²) in [5.41, 5.74) is 2.26. The second kappa shape index (κ2) is 8.08. The fourth-order valence-electron chi connectivity index (χ4n) is 3.39. The van der Waals surface area contributed by atoms with E-state index in [2.05, 4.69) is 10.6 Å². The van der Waals surface area contributed by atoms with Crippen molar-refractivity contribution < 1.29 is 22.7 Å². The number of esters is 1. The van der Waals surface area contributed by atoms with Crippen LogP contribution in [0.3, 0.4) is 0 Å². The molecule has 0 unspecified atom stereocenters. The Morgan fingerprint density at radius 2 is 1.79 bits per heavy atom. The van der Waals surface area contributed by atoms with E-state index in [9.17, 15) is 18.0 Å². The summed E-state index contributed by atoms with van der Waals surface area (Å²) in [6.07, 6.45) is 0. The number of benzene rings is 2. The average Bonchev–Trinajstić information content (AvgIpc) is 2.67. The lowest BCUT2D eigenvalue weighted by Gasteiger charge is -2.29. The molecule has 0 bridgehead atoms.